The second-order valence-corrected chi connectivity index (χ2v) is 8.55. The molecule has 2 atom stereocenters. The zero-order valence-corrected chi connectivity index (χ0v) is 16.4. The Morgan fingerprint density at radius 1 is 1.14 bits per heavy atom. The normalized spacial score (nSPS) is 21.7. The summed E-state index contributed by atoms with van der Waals surface area (Å²) in [5.74, 6) is 0.629. The first-order valence-corrected chi connectivity index (χ1v) is 10.7. The van der Waals surface area contributed by atoms with Crippen molar-refractivity contribution in [2.75, 3.05) is 26.2 Å². The second-order valence-electron chi connectivity index (χ2n) is 7.57. The minimum Gasteiger partial charge on any atom is -0.298 e. The van der Waals surface area contributed by atoms with Gasteiger partial charge >= 0.3 is 0 Å². The van der Waals surface area contributed by atoms with Gasteiger partial charge in [0, 0.05) is 30.6 Å². The fourth-order valence-electron chi connectivity index (χ4n) is 4.45. The summed E-state index contributed by atoms with van der Waals surface area (Å²) in [6.07, 6.45) is 2.57. The van der Waals surface area contributed by atoms with Gasteiger partial charge in [0.1, 0.15) is 11.9 Å². The highest BCUT2D eigenvalue weighted by molar-refractivity contribution is 7.10. The van der Waals surface area contributed by atoms with Gasteiger partial charge in [-0.25, -0.2) is 9.07 Å². The van der Waals surface area contributed by atoms with Crippen LogP contribution in [0.15, 0.2) is 41.8 Å². The number of thiophene rings is 1. The van der Waals surface area contributed by atoms with Crippen LogP contribution in [0.25, 0.3) is 0 Å². The molecule has 2 aromatic heterocycles. The maximum absolute atomic E-state index is 13.3. The Kier molecular flexibility index (Phi) is 4.92. The summed E-state index contributed by atoms with van der Waals surface area (Å²) in [6, 6.07) is 11.5. The Hall–Kier alpha value is -2.16. The van der Waals surface area contributed by atoms with E-state index < -0.39 is 0 Å². The predicted molar refractivity (Wildman–Crippen MR) is 106 cm³/mol. The molecule has 2 fully saturated rings. The maximum Gasteiger partial charge on any atom is 0.174 e. The average molecular weight is 399 g/mol. The minimum atomic E-state index is -0.230. The van der Waals surface area contributed by atoms with Gasteiger partial charge in [-0.3, -0.25) is 9.80 Å². The van der Waals surface area contributed by atoms with E-state index in [2.05, 4.69) is 42.8 Å². The van der Waals surface area contributed by atoms with Gasteiger partial charge in [-0.2, -0.15) is 0 Å². The largest absolute Gasteiger partial charge is 0.298 e. The molecule has 5 rings (SSSR count). The van der Waals surface area contributed by atoms with Crippen LogP contribution < -0.4 is 0 Å². The van der Waals surface area contributed by atoms with Crippen LogP contribution in [-0.4, -0.2) is 62.2 Å². The lowest BCUT2D eigenvalue weighted by Gasteiger charge is -2.40. The van der Waals surface area contributed by atoms with Crippen molar-refractivity contribution in [3.8, 4) is 0 Å². The molecule has 2 aliphatic heterocycles. The molecule has 0 amide bonds. The molecule has 28 heavy (non-hydrogen) atoms. The lowest BCUT2D eigenvalue weighted by Crippen LogP contribution is -2.51. The lowest BCUT2D eigenvalue weighted by atomic mass is 10.1. The summed E-state index contributed by atoms with van der Waals surface area (Å²) < 4.78 is 15.1. The van der Waals surface area contributed by atoms with Gasteiger partial charge in [-0.05, 0) is 59.0 Å². The third-order valence-electron chi connectivity index (χ3n) is 5.85. The number of hydrogen-bond donors (Lipinski definition) is 0. The molecule has 0 saturated carbocycles. The average Bonchev–Trinajstić information content (AvgIpc) is 3.46. The van der Waals surface area contributed by atoms with E-state index in [1.807, 2.05) is 4.68 Å². The predicted octanol–water partition coefficient (Wildman–Crippen LogP) is 2.79. The van der Waals surface area contributed by atoms with Crippen molar-refractivity contribution >= 4 is 11.3 Å². The van der Waals surface area contributed by atoms with Crippen molar-refractivity contribution in [1.82, 2.24) is 30.0 Å². The monoisotopic (exact) mass is 398 g/mol. The van der Waals surface area contributed by atoms with Gasteiger partial charge < -0.3 is 0 Å². The first-order chi connectivity index (χ1) is 13.8. The zero-order chi connectivity index (χ0) is 18.9. The fraction of sp³-hybridized carbons (Fsp3) is 0.450. The van der Waals surface area contributed by atoms with Gasteiger partial charge in [0.25, 0.3) is 0 Å². The molecule has 146 valence electrons. The van der Waals surface area contributed by atoms with Crippen LogP contribution in [0, 0.1) is 5.82 Å². The number of hydrogen-bond acceptors (Lipinski definition) is 6. The third-order valence-corrected chi connectivity index (χ3v) is 6.77. The van der Waals surface area contributed by atoms with Crippen molar-refractivity contribution in [2.45, 2.75) is 31.5 Å². The van der Waals surface area contributed by atoms with Crippen molar-refractivity contribution in [2.24, 2.45) is 0 Å². The van der Waals surface area contributed by atoms with Crippen molar-refractivity contribution in [1.29, 1.82) is 0 Å². The molecule has 2 aliphatic rings. The number of benzene rings is 1. The smallest absolute Gasteiger partial charge is 0.174 e. The molecule has 1 aromatic carbocycles. The minimum absolute atomic E-state index is 0.0539. The number of tetrazole rings is 1. The molecule has 0 radical (unpaired) electrons. The molecule has 3 aromatic rings. The molecule has 0 aliphatic carbocycles. The highest BCUT2D eigenvalue weighted by Gasteiger charge is 2.36. The molecule has 2 saturated heterocycles. The van der Waals surface area contributed by atoms with E-state index in [4.69, 9.17) is 0 Å². The first-order valence-electron chi connectivity index (χ1n) is 9.80. The molecule has 0 bridgehead atoms. The zero-order valence-electron chi connectivity index (χ0n) is 15.6. The molecule has 2 unspecified atom stereocenters. The van der Waals surface area contributed by atoms with Gasteiger partial charge in [0.15, 0.2) is 5.82 Å². The summed E-state index contributed by atoms with van der Waals surface area (Å²) in [4.78, 5) is 6.41. The van der Waals surface area contributed by atoms with Crippen LogP contribution in [0.1, 0.15) is 35.1 Å². The van der Waals surface area contributed by atoms with Gasteiger partial charge in [0.2, 0.25) is 0 Å². The number of halogens is 1. The summed E-state index contributed by atoms with van der Waals surface area (Å²) in [7, 11) is 0. The van der Waals surface area contributed by atoms with E-state index in [1.165, 1.54) is 36.4 Å². The van der Waals surface area contributed by atoms with Crippen molar-refractivity contribution in [3.63, 3.8) is 0 Å². The Morgan fingerprint density at radius 3 is 2.86 bits per heavy atom. The maximum atomic E-state index is 13.3. The van der Waals surface area contributed by atoms with Gasteiger partial charge in [-0.15, -0.1) is 16.4 Å². The Bertz CT molecular complexity index is 909. The van der Waals surface area contributed by atoms with Crippen LogP contribution in [0.5, 0.6) is 0 Å². The molecular weight excluding hydrogens is 375 g/mol. The van der Waals surface area contributed by atoms with E-state index in [0.717, 1.165) is 31.0 Å². The quantitative estimate of drug-likeness (QED) is 0.662. The molecule has 6 nitrogen and oxygen atoms in total. The van der Waals surface area contributed by atoms with E-state index in [0.29, 0.717) is 12.6 Å². The standard InChI is InChI=1S/C20H23FN6S/c21-16-7-5-15(6-8-16)13-27-20(22-23-24-27)19(18-4-2-12-28-18)26-11-10-25-9-1-3-17(25)14-26/h2,4-8,12,17,19H,1,3,9-11,13-14H2. The Balaban J connectivity index is 1.45. The topological polar surface area (TPSA) is 50.1 Å². The van der Waals surface area contributed by atoms with Crippen molar-refractivity contribution in [3.05, 3.63) is 63.9 Å². The third kappa shape index (κ3) is 3.47. The summed E-state index contributed by atoms with van der Waals surface area (Å²) in [5, 5.41) is 14.8. The number of piperazine rings is 1. The molecule has 8 heteroatoms. The van der Waals surface area contributed by atoms with Crippen molar-refractivity contribution < 1.29 is 4.39 Å². The fourth-order valence-corrected chi connectivity index (χ4v) is 5.30. The van der Waals surface area contributed by atoms with Gasteiger partial charge in [-0.1, -0.05) is 18.2 Å². The molecule has 0 N–H and O–H groups in total. The Morgan fingerprint density at radius 2 is 2.04 bits per heavy atom. The number of nitrogens with zero attached hydrogens (tertiary/aromatic N) is 6. The number of fused-ring (bicyclic) bond motifs is 1. The molecule has 0 spiro atoms. The molecule has 4 heterocycles. The summed E-state index contributed by atoms with van der Waals surface area (Å²) in [5.41, 5.74) is 0.987. The van der Waals surface area contributed by atoms with E-state index in [-0.39, 0.29) is 11.9 Å². The van der Waals surface area contributed by atoms with Crippen LogP contribution in [0.4, 0.5) is 4.39 Å². The summed E-state index contributed by atoms with van der Waals surface area (Å²) >= 11 is 1.75. The van der Waals surface area contributed by atoms with Crippen LogP contribution in [0.3, 0.4) is 0 Å². The van der Waals surface area contributed by atoms with E-state index in [1.54, 1.807) is 23.5 Å². The molecular formula is C20H23FN6S. The van der Waals surface area contributed by atoms with Crippen LogP contribution in [-0.2, 0) is 6.54 Å². The summed E-state index contributed by atoms with van der Waals surface area (Å²) in [6.45, 7) is 4.93. The second kappa shape index (κ2) is 7.69. The lowest BCUT2D eigenvalue weighted by molar-refractivity contribution is 0.0804. The highest BCUT2D eigenvalue weighted by atomic mass is 32.1. The number of rotatable bonds is 5. The van der Waals surface area contributed by atoms with Crippen LogP contribution in [0.2, 0.25) is 0 Å². The number of aromatic nitrogens is 4. The first kappa shape index (κ1) is 17.9. The SMILES string of the molecule is Fc1ccc(Cn2nnnc2C(c2cccs2)N2CCN3CCCC3C2)cc1. The Labute approximate surface area is 167 Å². The highest BCUT2D eigenvalue weighted by Crippen LogP contribution is 2.34. The van der Waals surface area contributed by atoms with Crippen LogP contribution >= 0.6 is 11.3 Å². The van der Waals surface area contributed by atoms with Gasteiger partial charge in [0.05, 0.1) is 6.54 Å². The van der Waals surface area contributed by atoms with E-state index in [9.17, 15) is 4.39 Å². The van der Waals surface area contributed by atoms with E-state index >= 15 is 0 Å².